The van der Waals surface area contributed by atoms with Gasteiger partial charge in [-0.1, -0.05) is 11.6 Å². The Bertz CT molecular complexity index is 1450. The molecule has 2 heterocycles. The highest BCUT2D eigenvalue weighted by atomic mass is 19.4. The van der Waals surface area contributed by atoms with Crippen LogP contribution in [0.15, 0.2) is 36.4 Å². The molecule has 5 rings (SSSR count). The SMILES string of the molecule is COc1ccc(C)cc1C1(C)NC(=O)N(CC(=O)Nc2nc3cc(C(F)(F)F)ccc3n2C2CC2)C1=O. The number of nitrogens with zero attached hydrogens (tertiary/aromatic N) is 3. The number of anilines is 1. The van der Waals surface area contributed by atoms with Crippen LogP contribution < -0.4 is 15.4 Å². The van der Waals surface area contributed by atoms with Crippen LogP contribution in [0.25, 0.3) is 11.0 Å². The van der Waals surface area contributed by atoms with Gasteiger partial charge in [-0.15, -0.1) is 0 Å². The van der Waals surface area contributed by atoms with Crippen LogP contribution in [0.5, 0.6) is 5.75 Å². The summed E-state index contributed by atoms with van der Waals surface area (Å²) in [6.45, 7) is 2.77. The van der Waals surface area contributed by atoms with Crippen LogP contribution >= 0.6 is 0 Å². The number of rotatable bonds is 6. The van der Waals surface area contributed by atoms with Gasteiger partial charge in [-0.05, 0) is 57.0 Å². The van der Waals surface area contributed by atoms with Gasteiger partial charge in [0.15, 0.2) is 0 Å². The second-order valence-electron chi connectivity index (χ2n) is 9.44. The molecule has 1 atom stereocenters. The third-order valence-electron chi connectivity index (χ3n) is 6.65. The summed E-state index contributed by atoms with van der Waals surface area (Å²) in [5.74, 6) is -0.874. The Kier molecular flexibility index (Phi) is 5.65. The average Bonchev–Trinajstić information content (AvgIpc) is 3.57. The minimum atomic E-state index is -4.53. The topological polar surface area (TPSA) is 106 Å². The Labute approximate surface area is 209 Å². The number of ether oxygens (including phenoxy) is 1. The molecule has 2 N–H and O–H groups in total. The minimum Gasteiger partial charge on any atom is -0.496 e. The average molecular weight is 515 g/mol. The van der Waals surface area contributed by atoms with Gasteiger partial charge in [0.1, 0.15) is 17.8 Å². The van der Waals surface area contributed by atoms with E-state index in [0.717, 1.165) is 35.4 Å². The van der Waals surface area contributed by atoms with E-state index in [0.29, 0.717) is 16.8 Å². The summed E-state index contributed by atoms with van der Waals surface area (Å²) in [6.07, 6.45) is -2.95. The molecule has 2 aliphatic rings. The Morgan fingerprint density at radius 1 is 1.22 bits per heavy atom. The molecule has 194 valence electrons. The Morgan fingerprint density at radius 3 is 2.59 bits per heavy atom. The predicted octanol–water partition coefficient (Wildman–Crippen LogP) is 4.11. The van der Waals surface area contributed by atoms with Gasteiger partial charge < -0.3 is 14.6 Å². The number of amides is 4. The zero-order valence-electron chi connectivity index (χ0n) is 20.3. The second-order valence-corrected chi connectivity index (χ2v) is 9.44. The van der Waals surface area contributed by atoms with E-state index in [1.165, 1.54) is 20.1 Å². The Morgan fingerprint density at radius 2 is 1.95 bits per heavy atom. The smallest absolute Gasteiger partial charge is 0.416 e. The van der Waals surface area contributed by atoms with Crippen molar-refractivity contribution < 1.29 is 32.3 Å². The first kappa shape index (κ1) is 24.6. The molecule has 2 fully saturated rings. The van der Waals surface area contributed by atoms with Gasteiger partial charge in [0.25, 0.3) is 5.91 Å². The number of halogens is 3. The molecule has 4 amide bonds. The summed E-state index contributed by atoms with van der Waals surface area (Å²) < 4.78 is 46.6. The Hall–Kier alpha value is -4.09. The van der Waals surface area contributed by atoms with E-state index >= 15 is 0 Å². The first-order valence-corrected chi connectivity index (χ1v) is 11.6. The van der Waals surface area contributed by atoms with Crippen LogP contribution in [-0.2, 0) is 21.3 Å². The first-order valence-electron chi connectivity index (χ1n) is 11.6. The van der Waals surface area contributed by atoms with E-state index in [-0.39, 0.29) is 17.5 Å². The van der Waals surface area contributed by atoms with Crippen molar-refractivity contribution in [3.63, 3.8) is 0 Å². The van der Waals surface area contributed by atoms with Crippen LogP contribution in [0, 0.1) is 6.92 Å². The number of nitrogens with one attached hydrogen (secondary N) is 2. The summed E-state index contributed by atoms with van der Waals surface area (Å²) in [6, 6.07) is 7.70. The van der Waals surface area contributed by atoms with E-state index in [2.05, 4.69) is 15.6 Å². The molecular formula is C25H24F3N5O4. The quantitative estimate of drug-likeness (QED) is 0.481. The molecule has 9 nitrogen and oxygen atoms in total. The van der Waals surface area contributed by atoms with Gasteiger partial charge in [-0.25, -0.2) is 9.78 Å². The number of fused-ring (bicyclic) bond motifs is 1. The molecule has 1 aliphatic heterocycles. The fraction of sp³-hybridized carbons (Fsp3) is 0.360. The molecule has 0 bridgehead atoms. The van der Waals surface area contributed by atoms with Gasteiger partial charge in [-0.3, -0.25) is 19.8 Å². The van der Waals surface area contributed by atoms with Crippen molar-refractivity contribution in [1.82, 2.24) is 19.8 Å². The number of urea groups is 1. The number of carbonyl (C=O) groups is 3. The zero-order valence-corrected chi connectivity index (χ0v) is 20.3. The molecule has 0 spiro atoms. The van der Waals surface area contributed by atoms with Crippen LogP contribution in [0.2, 0.25) is 0 Å². The van der Waals surface area contributed by atoms with E-state index in [1.54, 1.807) is 16.7 Å². The highest BCUT2D eigenvalue weighted by Crippen LogP contribution is 2.41. The molecule has 12 heteroatoms. The number of aryl methyl sites for hydroxylation is 1. The van der Waals surface area contributed by atoms with Gasteiger partial charge in [0, 0.05) is 11.6 Å². The molecule has 1 unspecified atom stereocenters. The monoisotopic (exact) mass is 515 g/mol. The van der Waals surface area contributed by atoms with Crippen molar-refractivity contribution in [2.45, 2.75) is 44.4 Å². The fourth-order valence-corrected chi connectivity index (χ4v) is 4.61. The van der Waals surface area contributed by atoms with Crippen molar-refractivity contribution in [3.8, 4) is 5.75 Å². The maximum absolute atomic E-state index is 13.3. The number of hydrogen-bond acceptors (Lipinski definition) is 5. The van der Waals surface area contributed by atoms with E-state index in [1.807, 2.05) is 13.0 Å². The molecule has 37 heavy (non-hydrogen) atoms. The lowest BCUT2D eigenvalue weighted by molar-refractivity contribution is -0.137. The molecule has 1 saturated carbocycles. The summed E-state index contributed by atoms with van der Waals surface area (Å²) in [5, 5.41) is 5.23. The van der Waals surface area contributed by atoms with E-state index < -0.39 is 41.7 Å². The van der Waals surface area contributed by atoms with Gasteiger partial charge >= 0.3 is 12.2 Å². The highest BCUT2D eigenvalue weighted by Gasteiger charge is 2.51. The number of imidazole rings is 1. The van der Waals surface area contributed by atoms with Crippen molar-refractivity contribution >= 4 is 34.8 Å². The lowest BCUT2D eigenvalue weighted by Crippen LogP contribution is -2.42. The van der Waals surface area contributed by atoms with Crippen LogP contribution in [0.4, 0.5) is 23.9 Å². The second kappa shape index (κ2) is 8.49. The number of hydrogen-bond donors (Lipinski definition) is 2. The number of methoxy groups -OCH3 is 1. The summed E-state index contributed by atoms with van der Waals surface area (Å²) in [4.78, 5) is 44.0. The molecule has 3 aromatic rings. The zero-order chi connectivity index (χ0) is 26.7. The van der Waals surface area contributed by atoms with Crippen molar-refractivity contribution in [2.24, 2.45) is 0 Å². The van der Waals surface area contributed by atoms with Crippen LogP contribution in [-0.4, -0.2) is 46.0 Å². The maximum Gasteiger partial charge on any atom is 0.416 e. The number of benzene rings is 2. The van der Waals surface area contributed by atoms with Gasteiger partial charge in [0.2, 0.25) is 11.9 Å². The Balaban J connectivity index is 1.40. The molecule has 2 aromatic carbocycles. The largest absolute Gasteiger partial charge is 0.496 e. The van der Waals surface area contributed by atoms with Crippen LogP contribution in [0.1, 0.15) is 42.5 Å². The molecular weight excluding hydrogens is 491 g/mol. The maximum atomic E-state index is 13.3. The minimum absolute atomic E-state index is 0.00849. The number of aromatic nitrogens is 2. The summed E-state index contributed by atoms with van der Waals surface area (Å²) in [5.41, 5.74) is -0.450. The van der Waals surface area contributed by atoms with Crippen molar-refractivity contribution in [2.75, 3.05) is 19.0 Å². The van der Waals surface area contributed by atoms with Gasteiger partial charge in [0.05, 0.1) is 23.7 Å². The molecule has 1 aliphatic carbocycles. The number of alkyl halides is 3. The van der Waals surface area contributed by atoms with E-state index in [4.69, 9.17) is 4.74 Å². The molecule has 1 aromatic heterocycles. The third-order valence-corrected chi connectivity index (χ3v) is 6.65. The number of imide groups is 1. The normalized spacial score (nSPS) is 19.9. The first-order chi connectivity index (χ1) is 17.4. The predicted molar refractivity (Wildman–Crippen MR) is 127 cm³/mol. The van der Waals surface area contributed by atoms with Crippen molar-refractivity contribution in [3.05, 3.63) is 53.1 Å². The lowest BCUT2D eigenvalue weighted by Gasteiger charge is -2.24. The highest BCUT2D eigenvalue weighted by molar-refractivity contribution is 6.10. The van der Waals surface area contributed by atoms with Crippen molar-refractivity contribution in [1.29, 1.82) is 0 Å². The standard InChI is InChI=1S/C25H24F3N5O4/c1-13-4-9-19(37-3)16(10-13)24(2)21(35)32(23(36)31-24)12-20(34)30-22-29-17-11-14(25(26,27)28)5-8-18(17)33(22)15-6-7-15/h4-5,8-11,15H,6-7,12H2,1-3H3,(H,31,36)(H,29,30,34). The summed E-state index contributed by atoms with van der Waals surface area (Å²) in [7, 11) is 1.45. The number of carbonyl (C=O) groups excluding carboxylic acids is 3. The third kappa shape index (κ3) is 4.25. The van der Waals surface area contributed by atoms with E-state index in [9.17, 15) is 27.6 Å². The lowest BCUT2D eigenvalue weighted by atomic mass is 9.90. The van der Waals surface area contributed by atoms with Crippen LogP contribution in [0.3, 0.4) is 0 Å². The van der Waals surface area contributed by atoms with Gasteiger partial charge in [-0.2, -0.15) is 13.2 Å². The molecule has 0 radical (unpaired) electrons. The molecule has 1 saturated heterocycles. The fourth-order valence-electron chi connectivity index (χ4n) is 4.61. The summed E-state index contributed by atoms with van der Waals surface area (Å²) >= 11 is 0.